The summed E-state index contributed by atoms with van der Waals surface area (Å²) in [5.41, 5.74) is -0.169. The second kappa shape index (κ2) is 5.94. The Labute approximate surface area is 109 Å². The number of ether oxygens (including phenoxy) is 3. The first-order valence-corrected chi connectivity index (χ1v) is 5.23. The van der Waals surface area contributed by atoms with Crippen molar-refractivity contribution in [1.82, 2.24) is 0 Å². The van der Waals surface area contributed by atoms with Crippen molar-refractivity contribution in [3.05, 3.63) is 17.2 Å². The molecular formula is C12H14O7. The second-order valence-electron chi connectivity index (χ2n) is 3.56. The Balaban J connectivity index is 3.62. The van der Waals surface area contributed by atoms with Crippen molar-refractivity contribution in [1.29, 1.82) is 0 Å². The lowest BCUT2D eigenvalue weighted by Gasteiger charge is -2.16. The van der Waals surface area contributed by atoms with Crippen molar-refractivity contribution < 1.29 is 34.0 Å². The first kappa shape index (κ1) is 14.6. The van der Waals surface area contributed by atoms with Crippen LogP contribution in [-0.4, -0.2) is 43.5 Å². The number of methoxy groups -OCH3 is 3. The van der Waals surface area contributed by atoms with Crippen LogP contribution in [0.4, 0.5) is 0 Å². The molecule has 0 aliphatic heterocycles. The largest absolute Gasteiger partial charge is 0.493 e. The van der Waals surface area contributed by atoms with Gasteiger partial charge >= 0.3 is 11.9 Å². The summed E-state index contributed by atoms with van der Waals surface area (Å²) in [6.45, 7) is 0. The zero-order valence-corrected chi connectivity index (χ0v) is 10.7. The summed E-state index contributed by atoms with van der Waals surface area (Å²) in [5, 5.41) is 18.0. The molecule has 7 nitrogen and oxygen atoms in total. The highest BCUT2D eigenvalue weighted by Crippen LogP contribution is 2.42. The maximum Gasteiger partial charge on any atom is 0.339 e. The molecule has 104 valence electrons. The van der Waals surface area contributed by atoms with Gasteiger partial charge in [-0.25, -0.2) is 4.79 Å². The molecule has 0 bridgehead atoms. The minimum Gasteiger partial charge on any atom is -0.493 e. The molecule has 1 aromatic carbocycles. The molecule has 0 radical (unpaired) electrons. The van der Waals surface area contributed by atoms with Gasteiger partial charge in [-0.15, -0.1) is 0 Å². The Kier molecular flexibility index (Phi) is 4.57. The molecule has 1 aromatic rings. The van der Waals surface area contributed by atoms with Crippen LogP contribution in [0, 0.1) is 0 Å². The SMILES string of the molecule is COc1cc(CC(=O)O)c(C(=O)O)c(OC)c1OC. The summed E-state index contributed by atoms with van der Waals surface area (Å²) in [5.74, 6) is -2.20. The summed E-state index contributed by atoms with van der Waals surface area (Å²) >= 11 is 0. The third kappa shape index (κ3) is 2.87. The van der Waals surface area contributed by atoms with Crippen LogP contribution in [0.15, 0.2) is 6.07 Å². The average Bonchev–Trinajstić information content (AvgIpc) is 2.35. The minimum absolute atomic E-state index is 0.0643. The fraction of sp³-hybridized carbons (Fsp3) is 0.333. The number of hydrogen-bond acceptors (Lipinski definition) is 5. The van der Waals surface area contributed by atoms with E-state index in [-0.39, 0.29) is 28.4 Å². The maximum absolute atomic E-state index is 11.3. The Morgan fingerprint density at radius 1 is 1.05 bits per heavy atom. The van der Waals surface area contributed by atoms with Crippen LogP contribution in [0.3, 0.4) is 0 Å². The molecule has 0 heterocycles. The highest BCUT2D eigenvalue weighted by Gasteiger charge is 2.25. The van der Waals surface area contributed by atoms with E-state index in [9.17, 15) is 14.7 Å². The smallest absolute Gasteiger partial charge is 0.339 e. The predicted octanol–water partition coefficient (Wildman–Crippen LogP) is 1.04. The van der Waals surface area contributed by atoms with Crippen LogP contribution in [0.5, 0.6) is 17.2 Å². The van der Waals surface area contributed by atoms with Gasteiger partial charge in [-0.3, -0.25) is 4.79 Å². The molecule has 0 fully saturated rings. The van der Waals surface area contributed by atoms with E-state index in [1.54, 1.807) is 0 Å². The van der Waals surface area contributed by atoms with Gasteiger partial charge in [0.05, 0.1) is 27.8 Å². The van der Waals surface area contributed by atoms with E-state index < -0.39 is 18.4 Å². The lowest BCUT2D eigenvalue weighted by Crippen LogP contribution is -2.11. The molecule has 0 saturated carbocycles. The number of aliphatic carboxylic acids is 1. The van der Waals surface area contributed by atoms with Crippen LogP contribution in [0.2, 0.25) is 0 Å². The van der Waals surface area contributed by atoms with Crippen molar-refractivity contribution in [3.8, 4) is 17.2 Å². The number of carboxylic acid groups (broad SMARTS) is 2. The van der Waals surface area contributed by atoms with E-state index in [2.05, 4.69) is 0 Å². The Morgan fingerprint density at radius 2 is 1.63 bits per heavy atom. The quantitative estimate of drug-likeness (QED) is 0.796. The van der Waals surface area contributed by atoms with Crippen molar-refractivity contribution in [2.24, 2.45) is 0 Å². The summed E-state index contributed by atoms with van der Waals surface area (Å²) < 4.78 is 15.1. The van der Waals surface area contributed by atoms with Crippen LogP contribution < -0.4 is 14.2 Å². The normalized spacial score (nSPS) is 9.84. The summed E-state index contributed by atoms with van der Waals surface area (Å²) in [6, 6.07) is 1.32. The van der Waals surface area contributed by atoms with Gasteiger partial charge in [0.15, 0.2) is 11.5 Å². The van der Waals surface area contributed by atoms with Crippen LogP contribution in [-0.2, 0) is 11.2 Å². The Bertz CT molecular complexity index is 507. The van der Waals surface area contributed by atoms with E-state index in [0.717, 1.165) is 0 Å². The van der Waals surface area contributed by atoms with Crippen molar-refractivity contribution in [2.45, 2.75) is 6.42 Å². The van der Waals surface area contributed by atoms with E-state index in [4.69, 9.17) is 19.3 Å². The molecule has 0 aliphatic rings. The van der Waals surface area contributed by atoms with E-state index in [0.29, 0.717) is 0 Å². The van der Waals surface area contributed by atoms with Gasteiger partial charge in [-0.05, 0) is 11.6 Å². The number of rotatable bonds is 6. The van der Waals surface area contributed by atoms with Gasteiger partial charge in [0.2, 0.25) is 5.75 Å². The van der Waals surface area contributed by atoms with Gasteiger partial charge in [0, 0.05) is 0 Å². The summed E-state index contributed by atoms with van der Waals surface area (Å²) in [4.78, 5) is 22.1. The van der Waals surface area contributed by atoms with Crippen molar-refractivity contribution >= 4 is 11.9 Å². The molecule has 0 unspecified atom stereocenters. The lowest BCUT2D eigenvalue weighted by atomic mass is 10.0. The summed E-state index contributed by atoms with van der Waals surface area (Å²) in [6.07, 6.45) is -0.460. The average molecular weight is 270 g/mol. The number of hydrogen-bond donors (Lipinski definition) is 2. The standard InChI is InChI=1S/C12H14O7/c1-17-7-4-6(5-8(13)14)9(12(15)16)11(19-3)10(7)18-2/h4H,5H2,1-3H3,(H,13,14)(H,15,16). The molecule has 0 spiro atoms. The fourth-order valence-electron chi connectivity index (χ4n) is 1.74. The highest BCUT2D eigenvalue weighted by molar-refractivity contribution is 5.96. The van der Waals surface area contributed by atoms with Crippen LogP contribution in [0.25, 0.3) is 0 Å². The van der Waals surface area contributed by atoms with Crippen molar-refractivity contribution in [3.63, 3.8) is 0 Å². The Morgan fingerprint density at radius 3 is 2.00 bits per heavy atom. The third-order valence-corrected chi connectivity index (χ3v) is 2.47. The molecule has 0 amide bonds. The molecule has 0 aromatic heterocycles. The second-order valence-corrected chi connectivity index (χ2v) is 3.56. The molecule has 0 atom stereocenters. The molecular weight excluding hydrogens is 256 g/mol. The lowest BCUT2D eigenvalue weighted by molar-refractivity contribution is -0.136. The molecule has 0 saturated heterocycles. The predicted molar refractivity (Wildman–Crippen MR) is 64.4 cm³/mol. The topological polar surface area (TPSA) is 102 Å². The molecule has 19 heavy (non-hydrogen) atoms. The zero-order chi connectivity index (χ0) is 14.6. The van der Waals surface area contributed by atoms with Crippen molar-refractivity contribution in [2.75, 3.05) is 21.3 Å². The summed E-state index contributed by atoms with van der Waals surface area (Å²) in [7, 11) is 3.97. The fourth-order valence-corrected chi connectivity index (χ4v) is 1.74. The van der Waals surface area contributed by atoms with E-state index in [1.807, 2.05) is 0 Å². The van der Waals surface area contributed by atoms with Gasteiger partial charge in [0.25, 0.3) is 0 Å². The zero-order valence-electron chi connectivity index (χ0n) is 10.7. The first-order chi connectivity index (χ1) is 8.96. The van der Waals surface area contributed by atoms with Gasteiger partial charge in [0.1, 0.15) is 5.56 Å². The molecule has 0 aliphatic carbocycles. The number of aromatic carboxylic acids is 1. The molecule has 2 N–H and O–H groups in total. The third-order valence-electron chi connectivity index (χ3n) is 2.47. The highest BCUT2D eigenvalue weighted by atomic mass is 16.5. The van der Waals surface area contributed by atoms with Crippen LogP contribution in [0.1, 0.15) is 15.9 Å². The minimum atomic E-state index is -1.30. The number of carbonyl (C=O) groups is 2. The van der Waals surface area contributed by atoms with Gasteiger partial charge in [-0.2, -0.15) is 0 Å². The maximum atomic E-state index is 11.3. The van der Waals surface area contributed by atoms with E-state index >= 15 is 0 Å². The van der Waals surface area contributed by atoms with E-state index in [1.165, 1.54) is 27.4 Å². The first-order valence-electron chi connectivity index (χ1n) is 5.23. The van der Waals surface area contributed by atoms with Gasteiger partial charge in [-0.1, -0.05) is 0 Å². The number of benzene rings is 1. The molecule has 7 heteroatoms. The Hall–Kier alpha value is -2.44. The number of carboxylic acids is 2. The van der Waals surface area contributed by atoms with Gasteiger partial charge < -0.3 is 24.4 Å². The monoisotopic (exact) mass is 270 g/mol. The van der Waals surface area contributed by atoms with Crippen LogP contribution >= 0.6 is 0 Å². The molecule has 1 rings (SSSR count).